The monoisotopic (exact) mass is 454 g/mol. The molecule has 1 heterocycles. The van der Waals surface area contributed by atoms with Gasteiger partial charge in [-0.3, -0.25) is 9.59 Å². The lowest BCUT2D eigenvalue weighted by molar-refractivity contribution is -0.154. The van der Waals surface area contributed by atoms with Crippen molar-refractivity contribution in [2.24, 2.45) is 0 Å². The fourth-order valence-electron chi connectivity index (χ4n) is 4.10. The Hall–Kier alpha value is -3.39. The van der Waals surface area contributed by atoms with E-state index in [0.29, 0.717) is 31.8 Å². The third-order valence-corrected chi connectivity index (χ3v) is 5.97. The van der Waals surface area contributed by atoms with Crippen LogP contribution in [0.4, 0.5) is 0 Å². The number of carbonyl (C=O) groups excluding carboxylic acids is 2. The topological polar surface area (TPSA) is 105 Å². The minimum absolute atomic E-state index is 0.180. The van der Waals surface area contributed by atoms with Gasteiger partial charge in [0.15, 0.2) is 0 Å². The molecule has 1 fully saturated rings. The lowest BCUT2D eigenvalue weighted by atomic mass is 9.86. The van der Waals surface area contributed by atoms with Gasteiger partial charge in [-0.15, -0.1) is 0 Å². The molecule has 8 heteroatoms. The molecule has 33 heavy (non-hydrogen) atoms. The molecule has 0 aliphatic carbocycles. The molecule has 8 nitrogen and oxygen atoms in total. The molecule has 1 saturated heterocycles. The maximum Gasteiger partial charge on any atom is 0.335 e. The zero-order chi connectivity index (χ0) is 23.8. The number of benzene rings is 2. The first kappa shape index (κ1) is 24.3. The van der Waals surface area contributed by atoms with E-state index in [1.807, 2.05) is 37.3 Å². The molecule has 0 radical (unpaired) electrons. The van der Waals surface area contributed by atoms with Crippen molar-refractivity contribution in [3.8, 4) is 5.75 Å². The second-order valence-electron chi connectivity index (χ2n) is 8.10. The predicted molar refractivity (Wildman–Crippen MR) is 122 cm³/mol. The minimum Gasteiger partial charge on any atom is -0.492 e. The number of carbonyl (C=O) groups is 3. The Kier molecular flexibility index (Phi) is 8.06. The van der Waals surface area contributed by atoms with Crippen LogP contribution in [-0.2, 0) is 14.3 Å². The molecule has 1 unspecified atom stereocenters. The van der Waals surface area contributed by atoms with Gasteiger partial charge in [0.1, 0.15) is 17.9 Å². The van der Waals surface area contributed by atoms with Crippen LogP contribution in [0.5, 0.6) is 5.75 Å². The van der Waals surface area contributed by atoms with Crippen LogP contribution in [0.25, 0.3) is 0 Å². The highest BCUT2D eigenvalue weighted by Gasteiger charge is 2.46. The normalized spacial score (nSPS) is 15.8. The SMILES string of the molecule is CC(=O)N(CCOc1ccccc1)C1(C(=O)NC(C)c2ccc(C(=O)O)cc2)CCOCC1. The van der Waals surface area contributed by atoms with Gasteiger partial charge in [-0.1, -0.05) is 30.3 Å². The first-order chi connectivity index (χ1) is 15.8. The number of carboxylic acid groups (broad SMARTS) is 1. The van der Waals surface area contributed by atoms with E-state index in [-0.39, 0.29) is 36.6 Å². The van der Waals surface area contributed by atoms with Gasteiger partial charge in [0.05, 0.1) is 18.2 Å². The van der Waals surface area contributed by atoms with Crippen molar-refractivity contribution in [1.29, 1.82) is 0 Å². The highest BCUT2D eigenvalue weighted by atomic mass is 16.5. The van der Waals surface area contributed by atoms with Crippen LogP contribution in [0.2, 0.25) is 0 Å². The molecule has 3 rings (SSSR count). The summed E-state index contributed by atoms with van der Waals surface area (Å²) in [6.07, 6.45) is 0.767. The van der Waals surface area contributed by atoms with Crippen molar-refractivity contribution in [3.63, 3.8) is 0 Å². The molecule has 1 aliphatic heterocycles. The van der Waals surface area contributed by atoms with E-state index in [1.165, 1.54) is 19.1 Å². The van der Waals surface area contributed by atoms with Crippen LogP contribution in [0.3, 0.4) is 0 Å². The zero-order valence-corrected chi connectivity index (χ0v) is 19.0. The van der Waals surface area contributed by atoms with E-state index in [0.717, 1.165) is 5.56 Å². The molecule has 0 bridgehead atoms. The Morgan fingerprint density at radius 2 is 1.73 bits per heavy atom. The van der Waals surface area contributed by atoms with Gasteiger partial charge < -0.3 is 24.8 Å². The molecule has 0 aromatic heterocycles. The molecule has 1 atom stereocenters. The molecular weight excluding hydrogens is 424 g/mol. The molecule has 0 saturated carbocycles. The van der Waals surface area contributed by atoms with Gasteiger partial charge in [0.25, 0.3) is 0 Å². The van der Waals surface area contributed by atoms with Crippen molar-refractivity contribution in [1.82, 2.24) is 10.2 Å². The van der Waals surface area contributed by atoms with Crippen molar-refractivity contribution in [2.45, 2.75) is 38.3 Å². The summed E-state index contributed by atoms with van der Waals surface area (Å²) in [5.41, 5.74) is -0.0870. The highest BCUT2D eigenvalue weighted by Crippen LogP contribution is 2.30. The summed E-state index contributed by atoms with van der Waals surface area (Å²) < 4.78 is 11.3. The van der Waals surface area contributed by atoms with Crippen LogP contribution < -0.4 is 10.1 Å². The molecule has 1 aliphatic rings. The maximum absolute atomic E-state index is 13.6. The van der Waals surface area contributed by atoms with Crippen molar-refractivity contribution < 1.29 is 29.0 Å². The number of carboxylic acids is 1. The number of para-hydroxylation sites is 1. The van der Waals surface area contributed by atoms with Crippen LogP contribution >= 0.6 is 0 Å². The van der Waals surface area contributed by atoms with Gasteiger partial charge in [-0.25, -0.2) is 4.79 Å². The number of ether oxygens (including phenoxy) is 2. The summed E-state index contributed by atoms with van der Waals surface area (Å²) in [5, 5.41) is 12.1. The third-order valence-electron chi connectivity index (χ3n) is 5.97. The number of hydrogen-bond acceptors (Lipinski definition) is 5. The molecular formula is C25H30N2O6. The summed E-state index contributed by atoms with van der Waals surface area (Å²) in [6.45, 7) is 4.56. The van der Waals surface area contributed by atoms with Crippen molar-refractivity contribution in [2.75, 3.05) is 26.4 Å². The fourth-order valence-corrected chi connectivity index (χ4v) is 4.10. The Labute approximate surface area is 193 Å². The van der Waals surface area contributed by atoms with E-state index in [4.69, 9.17) is 14.6 Å². The number of nitrogens with zero attached hydrogens (tertiary/aromatic N) is 1. The summed E-state index contributed by atoms with van der Waals surface area (Å²) in [5.74, 6) is -0.767. The largest absolute Gasteiger partial charge is 0.492 e. The van der Waals surface area contributed by atoms with Crippen LogP contribution in [0, 0.1) is 0 Å². The Balaban J connectivity index is 1.74. The molecule has 2 amide bonds. The van der Waals surface area contributed by atoms with E-state index < -0.39 is 11.5 Å². The smallest absolute Gasteiger partial charge is 0.335 e. The van der Waals surface area contributed by atoms with Gasteiger partial charge in [-0.05, 0) is 36.8 Å². The summed E-state index contributed by atoms with van der Waals surface area (Å²) in [7, 11) is 0. The average molecular weight is 455 g/mol. The number of amides is 2. The summed E-state index contributed by atoms with van der Waals surface area (Å²) in [6, 6.07) is 15.3. The molecule has 176 valence electrons. The van der Waals surface area contributed by atoms with Crippen molar-refractivity contribution in [3.05, 3.63) is 65.7 Å². The Morgan fingerprint density at radius 3 is 2.30 bits per heavy atom. The lowest BCUT2D eigenvalue weighted by Crippen LogP contribution is -2.63. The number of hydrogen-bond donors (Lipinski definition) is 2. The van der Waals surface area contributed by atoms with Gasteiger partial charge in [-0.2, -0.15) is 0 Å². The number of nitrogens with one attached hydrogen (secondary N) is 1. The number of aromatic carboxylic acids is 1. The lowest BCUT2D eigenvalue weighted by Gasteiger charge is -2.45. The van der Waals surface area contributed by atoms with Crippen LogP contribution in [-0.4, -0.2) is 59.7 Å². The second-order valence-corrected chi connectivity index (χ2v) is 8.10. The zero-order valence-electron chi connectivity index (χ0n) is 19.0. The number of rotatable bonds is 9. The maximum atomic E-state index is 13.6. The standard InChI is InChI=1S/C25H30N2O6/c1-18(20-8-10-21(11-9-20)23(29)30)26-24(31)25(12-15-32-16-13-25)27(19(2)28)14-17-33-22-6-4-3-5-7-22/h3-11,18H,12-17H2,1-2H3,(H,26,31)(H,29,30). The Bertz CT molecular complexity index is 955. The molecule has 2 N–H and O–H groups in total. The Morgan fingerprint density at radius 1 is 1.09 bits per heavy atom. The highest BCUT2D eigenvalue weighted by molar-refractivity contribution is 5.91. The first-order valence-corrected chi connectivity index (χ1v) is 11.0. The van der Waals surface area contributed by atoms with E-state index >= 15 is 0 Å². The van der Waals surface area contributed by atoms with E-state index in [1.54, 1.807) is 17.0 Å². The van der Waals surface area contributed by atoms with E-state index in [2.05, 4.69) is 5.32 Å². The second kappa shape index (κ2) is 11.0. The van der Waals surface area contributed by atoms with E-state index in [9.17, 15) is 14.4 Å². The van der Waals surface area contributed by atoms with Gasteiger partial charge in [0.2, 0.25) is 11.8 Å². The fraction of sp³-hybridized carbons (Fsp3) is 0.400. The van der Waals surface area contributed by atoms with Gasteiger partial charge in [0, 0.05) is 33.0 Å². The average Bonchev–Trinajstić information content (AvgIpc) is 2.82. The molecule has 0 spiro atoms. The van der Waals surface area contributed by atoms with Crippen molar-refractivity contribution >= 4 is 17.8 Å². The molecule has 2 aromatic carbocycles. The van der Waals surface area contributed by atoms with Gasteiger partial charge >= 0.3 is 5.97 Å². The summed E-state index contributed by atoms with van der Waals surface area (Å²) in [4.78, 5) is 38.9. The molecule has 2 aromatic rings. The predicted octanol–water partition coefficient (Wildman–Crippen LogP) is 3.04. The quantitative estimate of drug-likeness (QED) is 0.603. The first-order valence-electron chi connectivity index (χ1n) is 11.0. The van der Waals surface area contributed by atoms with Crippen LogP contribution in [0.15, 0.2) is 54.6 Å². The summed E-state index contributed by atoms with van der Waals surface area (Å²) >= 11 is 0. The van der Waals surface area contributed by atoms with Crippen LogP contribution in [0.1, 0.15) is 48.7 Å². The third kappa shape index (κ3) is 5.90. The minimum atomic E-state index is -1.04.